The van der Waals surface area contributed by atoms with Gasteiger partial charge >= 0.3 is 17.9 Å². The van der Waals surface area contributed by atoms with Crippen LogP contribution in [0.3, 0.4) is 0 Å². The molecule has 0 bridgehead atoms. The van der Waals surface area contributed by atoms with Crippen LogP contribution in [0.5, 0.6) is 17.2 Å². The summed E-state index contributed by atoms with van der Waals surface area (Å²) in [4.78, 5) is 32.4. The van der Waals surface area contributed by atoms with E-state index in [0.717, 1.165) is 22.3 Å². The van der Waals surface area contributed by atoms with Crippen molar-refractivity contribution in [2.75, 3.05) is 0 Å². The fourth-order valence-electron chi connectivity index (χ4n) is 2.41. The lowest BCUT2D eigenvalue weighted by molar-refractivity contribution is -0.133. The van der Waals surface area contributed by atoms with E-state index in [9.17, 15) is 14.4 Å². The van der Waals surface area contributed by atoms with Gasteiger partial charge in [0.1, 0.15) is 17.2 Å². The van der Waals surface area contributed by atoms with E-state index < -0.39 is 0 Å². The number of carbonyl (C=O) groups is 3. The molecule has 2 aromatic carbocycles. The van der Waals surface area contributed by atoms with Crippen molar-refractivity contribution in [2.24, 2.45) is 0 Å². The molecule has 0 spiro atoms. The monoisotopic (exact) mass is 402 g/mol. The van der Waals surface area contributed by atoms with E-state index in [0.29, 0.717) is 17.2 Å². The molecule has 0 aliphatic rings. The maximum atomic E-state index is 10.8. The normalized spacial score (nSPS) is 9.34. The smallest absolute Gasteiger partial charge is 0.308 e. The summed E-state index contributed by atoms with van der Waals surface area (Å²) >= 11 is 0. The molecule has 6 heteroatoms. The lowest BCUT2D eigenvalue weighted by Gasteiger charge is -2.11. The number of para-hydroxylation sites is 1. The molecule has 6 nitrogen and oxygen atoms in total. The Morgan fingerprint density at radius 3 is 1.28 bits per heavy atom. The van der Waals surface area contributed by atoms with Crippen LogP contribution >= 0.6 is 0 Å². The van der Waals surface area contributed by atoms with Gasteiger partial charge < -0.3 is 14.2 Å². The number of benzene rings is 2. The van der Waals surface area contributed by atoms with Crippen LogP contribution in [-0.4, -0.2) is 17.9 Å². The molecule has 0 atom stereocenters. The first kappa shape index (κ1) is 25.9. The number of aryl methyl sites for hydroxylation is 2. The van der Waals surface area contributed by atoms with Gasteiger partial charge in [0.15, 0.2) is 0 Å². The van der Waals surface area contributed by atoms with Crippen LogP contribution in [0, 0.1) is 27.7 Å². The third-order valence-electron chi connectivity index (χ3n) is 3.85. The fraction of sp³-hybridized carbons (Fsp3) is 0.348. The molecule has 0 heterocycles. The van der Waals surface area contributed by atoms with E-state index in [1.165, 1.54) is 20.8 Å². The molecule has 29 heavy (non-hydrogen) atoms. The number of hydrogen-bond acceptors (Lipinski definition) is 6. The van der Waals surface area contributed by atoms with Crippen molar-refractivity contribution in [2.45, 2.75) is 55.9 Å². The Morgan fingerprint density at radius 2 is 0.966 bits per heavy atom. The standard InChI is InChI=1S/C12H14O4.C10H12O2.CH4/c1-7-8(2)12(16-10(4)14)6-5-11(7)15-9(3)13;1-7-5-4-6-8(2)10(7)12-9(3)11;/h5-6H,1-4H3;4-6H,1-3H3;1H4. The lowest BCUT2D eigenvalue weighted by Crippen LogP contribution is -2.06. The second kappa shape index (κ2) is 11.6. The maximum Gasteiger partial charge on any atom is 0.308 e. The third-order valence-corrected chi connectivity index (χ3v) is 3.85. The Hall–Kier alpha value is -3.15. The summed E-state index contributed by atoms with van der Waals surface area (Å²) in [5, 5.41) is 0. The van der Waals surface area contributed by atoms with E-state index in [2.05, 4.69) is 0 Å². The fourth-order valence-corrected chi connectivity index (χ4v) is 2.41. The van der Waals surface area contributed by atoms with Crippen LogP contribution < -0.4 is 14.2 Å². The van der Waals surface area contributed by atoms with Crippen molar-refractivity contribution >= 4 is 17.9 Å². The van der Waals surface area contributed by atoms with Gasteiger partial charge in [-0.2, -0.15) is 0 Å². The minimum Gasteiger partial charge on any atom is -0.426 e. The summed E-state index contributed by atoms with van der Waals surface area (Å²) in [5.74, 6) is 0.643. The first-order valence-corrected chi connectivity index (χ1v) is 8.74. The zero-order valence-corrected chi connectivity index (χ0v) is 17.3. The summed E-state index contributed by atoms with van der Waals surface area (Å²) < 4.78 is 15.0. The van der Waals surface area contributed by atoms with Crippen LogP contribution in [-0.2, 0) is 14.4 Å². The first-order valence-electron chi connectivity index (χ1n) is 8.74. The molecule has 0 saturated heterocycles. The van der Waals surface area contributed by atoms with Gasteiger partial charge in [0, 0.05) is 20.8 Å². The number of esters is 3. The predicted molar refractivity (Wildman–Crippen MR) is 112 cm³/mol. The number of hydrogen-bond donors (Lipinski definition) is 0. The Balaban J connectivity index is 0.000000542. The summed E-state index contributed by atoms with van der Waals surface area (Å²) in [6.07, 6.45) is 0. The van der Waals surface area contributed by atoms with Crippen molar-refractivity contribution < 1.29 is 28.6 Å². The van der Waals surface area contributed by atoms with Crippen molar-refractivity contribution in [3.8, 4) is 17.2 Å². The van der Waals surface area contributed by atoms with Gasteiger partial charge in [-0.3, -0.25) is 14.4 Å². The van der Waals surface area contributed by atoms with Crippen molar-refractivity contribution in [1.82, 2.24) is 0 Å². The summed E-state index contributed by atoms with van der Waals surface area (Å²) in [5.41, 5.74) is 3.55. The molecule has 0 aromatic heterocycles. The minimum absolute atomic E-state index is 0. The topological polar surface area (TPSA) is 78.9 Å². The molecule has 0 aliphatic heterocycles. The van der Waals surface area contributed by atoms with E-state index in [1.54, 1.807) is 26.0 Å². The largest absolute Gasteiger partial charge is 0.426 e. The molecular formula is C23H30O6. The zero-order chi connectivity index (χ0) is 21.4. The highest BCUT2D eigenvalue weighted by molar-refractivity contribution is 5.72. The highest BCUT2D eigenvalue weighted by Gasteiger charge is 2.11. The van der Waals surface area contributed by atoms with Crippen molar-refractivity contribution in [1.29, 1.82) is 0 Å². The quantitative estimate of drug-likeness (QED) is 0.530. The molecule has 2 rings (SSSR count). The van der Waals surface area contributed by atoms with Crippen LogP contribution in [0.2, 0.25) is 0 Å². The van der Waals surface area contributed by atoms with Gasteiger partial charge in [0.25, 0.3) is 0 Å². The molecule has 0 fully saturated rings. The predicted octanol–water partition coefficient (Wildman–Crippen LogP) is 5.02. The summed E-state index contributed by atoms with van der Waals surface area (Å²) in [6.45, 7) is 11.5. The maximum absolute atomic E-state index is 10.8. The Morgan fingerprint density at radius 1 is 0.621 bits per heavy atom. The number of carbonyl (C=O) groups excluding carboxylic acids is 3. The summed E-state index contributed by atoms with van der Waals surface area (Å²) in [7, 11) is 0. The van der Waals surface area contributed by atoms with Crippen LogP contribution in [0.1, 0.15) is 50.5 Å². The molecule has 0 radical (unpaired) electrons. The third kappa shape index (κ3) is 8.17. The second-order valence-electron chi connectivity index (χ2n) is 6.31. The van der Waals surface area contributed by atoms with Gasteiger partial charge in [0.05, 0.1) is 0 Å². The van der Waals surface area contributed by atoms with E-state index >= 15 is 0 Å². The van der Waals surface area contributed by atoms with E-state index in [1.807, 2.05) is 32.0 Å². The minimum atomic E-state index is -0.372. The van der Waals surface area contributed by atoms with Crippen LogP contribution in [0.4, 0.5) is 0 Å². The Bertz CT molecular complexity index is 822. The molecule has 0 amide bonds. The first-order chi connectivity index (χ1) is 13.0. The molecule has 2 aromatic rings. The van der Waals surface area contributed by atoms with E-state index in [-0.39, 0.29) is 25.3 Å². The molecule has 0 saturated carbocycles. The Labute approximate surface area is 172 Å². The molecule has 0 unspecified atom stereocenters. The molecular weight excluding hydrogens is 372 g/mol. The second-order valence-corrected chi connectivity index (χ2v) is 6.31. The van der Waals surface area contributed by atoms with Crippen LogP contribution in [0.15, 0.2) is 30.3 Å². The molecule has 158 valence electrons. The SMILES string of the molecule is C.CC(=O)Oc1c(C)cccc1C.CC(=O)Oc1ccc(OC(C)=O)c(C)c1C. The zero-order valence-electron chi connectivity index (χ0n) is 17.3. The van der Waals surface area contributed by atoms with Crippen molar-refractivity contribution in [3.63, 3.8) is 0 Å². The van der Waals surface area contributed by atoms with Gasteiger partial charge in [-0.1, -0.05) is 25.6 Å². The molecule has 0 N–H and O–H groups in total. The van der Waals surface area contributed by atoms with Crippen molar-refractivity contribution in [3.05, 3.63) is 52.6 Å². The van der Waals surface area contributed by atoms with E-state index in [4.69, 9.17) is 14.2 Å². The molecule has 0 aliphatic carbocycles. The lowest BCUT2D eigenvalue weighted by atomic mass is 10.1. The highest BCUT2D eigenvalue weighted by Crippen LogP contribution is 2.29. The Kier molecular flexibility index (Phi) is 10.4. The average Bonchev–Trinajstić information content (AvgIpc) is 2.58. The van der Waals surface area contributed by atoms with Crippen LogP contribution in [0.25, 0.3) is 0 Å². The number of ether oxygens (including phenoxy) is 3. The van der Waals surface area contributed by atoms with Gasteiger partial charge in [-0.25, -0.2) is 0 Å². The number of rotatable bonds is 3. The highest BCUT2D eigenvalue weighted by atomic mass is 16.5. The average molecular weight is 402 g/mol. The van der Waals surface area contributed by atoms with Gasteiger partial charge in [0.2, 0.25) is 0 Å². The summed E-state index contributed by atoms with van der Waals surface area (Å²) in [6, 6.07) is 9.01. The van der Waals surface area contributed by atoms with Gasteiger partial charge in [-0.05, 0) is 62.1 Å². The van der Waals surface area contributed by atoms with Gasteiger partial charge in [-0.15, -0.1) is 0 Å².